The predicted octanol–water partition coefficient (Wildman–Crippen LogP) is 4.64. The minimum atomic E-state index is -0.313. The van der Waals surface area contributed by atoms with Gasteiger partial charge in [0, 0.05) is 22.5 Å². The monoisotopic (exact) mass is 388 g/mol. The van der Waals surface area contributed by atoms with Gasteiger partial charge in [0.05, 0.1) is 17.5 Å². The first-order valence-corrected chi connectivity index (χ1v) is 9.26. The second-order valence-electron chi connectivity index (χ2n) is 6.61. The Hall–Kier alpha value is -3.24. The number of hydrogen-bond acceptors (Lipinski definition) is 3. The number of carbonyl (C=O) groups excluding carboxylic acids is 1. The molecule has 138 valence electrons. The van der Waals surface area contributed by atoms with E-state index < -0.39 is 0 Å². The van der Waals surface area contributed by atoms with Gasteiger partial charge in [0.2, 0.25) is 5.43 Å². The van der Waals surface area contributed by atoms with Gasteiger partial charge < -0.3 is 4.57 Å². The van der Waals surface area contributed by atoms with Crippen LogP contribution in [0.2, 0.25) is 5.02 Å². The maximum Gasteiger partial charge on any atom is 0.202 e. The largest absolute Gasteiger partial charge is 0.327 e. The van der Waals surface area contributed by atoms with Gasteiger partial charge in [-0.3, -0.25) is 9.59 Å². The van der Waals surface area contributed by atoms with Crippen molar-refractivity contribution in [2.45, 2.75) is 13.5 Å². The van der Waals surface area contributed by atoms with Crippen LogP contribution in [0.1, 0.15) is 27.2 Å². The van der Waals surface area contributed by atoms with Crippen LogP contribution in [-0.4, -0.2) is 15.3 Å². The molecule has 0 radical (unpaired) electrons. The van der Waals surface area contributed by atoms with E-state index in [0.717, 1.165) is 11.3 Å². The molecular formula is C23H17ClN2O2. The van der Waals surface area contributed by atoms with Crippen LogP contribution in [-0.2, 0) is 6.54 Å². The van der Waals surface area contributed by atoms with E-state index in [1.54, 1.807) is 42.6 Å². The van der Waals surface area contributed by atoms with Crippen LogP contribution in [0.25, 0.3) is 11.0 Å². The molecule has 4 nitrogen and oxygen atoms in total. The maximum atomic E-state index is 13.0. The Bertz CT molecular complexity index is 1250. The third-order valence-corrected chi connectivity index (χ3v) is 5.01. The number of halogens is 1. The summed E-state index contributed by atoms with van der Waals surface area (Å²) in [5, 5.41) is 1.04. The van der Waals surface area contributed by atoms with Crippen molar-refractivity contribution >= 4 is 28.4 Å². The molecule has 2 heterocycles. The molecule has 4 aromatic rings. The van der Waals surface area contributed by atoms with Crippen LogP contribution in [0.3, 0.4) is 0 Å². The summed E-state index contributed by atoms with van der Waals surface area (Å²) in [6.45, 7) is 2.27. The minimum Gasteiger partial charge on any atom is -0.327 e. The molecule has 0 atom stereocenters. The summed E-state index contributed by atoms with van der Waals surface area (Å²) in [6, 6.07) is 19.8. The van der Waals surface area contributed by atoms with Crippen LogP contribution >= 0.6 is 11.6 Å². The normalized spacial score (nSPS) is 10.9. The summed E-state index contributed by atoms with van der Waals surface area (Å²) in [4.78, 5) is 30.6. The number of pyridine rings is 2. The Morgan fingerprint density at radius 3 is 2.46 bits per heavy atom. The number of aryl methyl sites for hydroxylation is 1. The zero-order valence-corrected chi connectivity index (χ0v) is 16.0. The lowest BCUT2D eigenvalue weighted by atomic mass is 10.0. The summed E-state index contributed by atoms with van der Waals surface area (Å²) >= 11 is 6.32. The van der Waals surface area contributed by atoms with E-state index in [2.05, 4.69) is 4.98 Å². The summed E-state index contributed by atoms with van der Waals surface area (Å²) in [7, 11) is 0. The zero-order valence-electron chi connectivity index (χ0n) is 15.2. The molecule has 2 aromatic carbocycles. The van der Waals surface area contributed by atoms with Crippen molar-refractivity contribution in [2.75, 3.05) is 0 Å². The van der Waals surface area contributed by atoms with Crippen LogP contribution in [0, 0.1) is 6.92 Å². The second kappa shape index (κ2) is 7.41. The number of benzene rings is 2. The third kappa shape index (κ3) is 3.35. The number of hydrogen-bond donors (Lipinski definition) is 0. The highest BCUT2D eigenvalue weighted by molar-refractivity contribution is 6.31. The molecule has 0 bridgehead atoms. The van der Waals surface area contributed by atoms with E-state index in [9.17, 15) is 9.59 Å². The van der Waals surface area contributed by atoms with Gasteiger partial charge in [0.15, 0.2) is 5.78 Å². The van der Waals surface area contributed by atoms with Crippen molar-refractivity contribution < 1.29 is 4.79 Å². The van der Waals surface area contributed by atoms with Crippen molar-refractivity contribution in [2.24, 2.45) is 0 Å². The highest BCUT2D eigenvalue weighted by Crippen LogP contribution is 2.20. The first kappa shape index (κ1) is 18.1. The molecular weight excluding hydrogens is 372 g/mol. The Labute approximate surface area is 167 Å². The Balaban J connectivity index is 1.94. The fourth-order valence-electron chi connectivity index (χ4n) is 3.20. The van der Waals surface area contributed by atoms with E-state index in [4.69, 9.17) is 11.6 Å². The molecule has 0 saturated heterocycles. The smallest absolute Gasteiger partial charge is 0.202 e. The predicted molar refractivity (Wildman–Crippen MR) is 111 cm³/mol. The summed E-state index contributed by atoms with van der Waals surface area (Å²) < 4.78 is 1.82. The van der Waals surface area contributed by atoms with E-state index in [1.807, 2.05) is 41.8 Å². The molecule has 28 heavy (non-hydrogen) atoms. The molecule has 0 amide bonds. The standard InChI is InChI=1S/C23H17ClN2O2/c1-15-11-12-18-22(28)19(21(27)16-7-3-2-4-8-16)14-26(23(18)25-15)13-17-9-5-6-10-20(17)24/h2-12,14H,13H2,1H3. The third-order valence-electron chi connectivity index (χ3n) is 4.64. The molecule has 0 spiro atoms. The Morgan fingerprint density at radius 1 is 1.00 bits per heavy atom. The Kier molecular flexibility index (Phi) is 4.80. The molecule has 5 heteroatoms. The first-order chi connectivity index (χ1) is 13.5. The summed E-state index contributed by atoms with van der Waals surface area (Å²) in [5.74, 6) is -0.305. The first-order valence-electron chi connectivity index (χ1n) is 8.88. The van der Waals surface area contributed by atoms with Gasteiger partial charge in [0.1, 0.15) is 5.65 Å². The Morgan fingerprint density at radius 2 is 1.71 bits per heavy atom. The fourth-order valence-corrected chi connectivity index (χ4v) is 3.39. The van der Waals surface area contributed by atoms with Gasteiger partial charge in [-0.05, 0) is 30.7 Å². The number of nitrogens with zero attached hydrogens (tertiary/aromatic N) is 2. The van der Waals surface area contributed by atoms with E-state index in [1.165, 1.54) is 0 Å². The molecule has 0 unspecified atom stereocenters. The van der Waals surface area contributed by atoms with Crippen molar-refractivity contribution in [3.8, 4) is 0 Å². The van der Waals surface area contributed by atoms with Crippen molar-refractivity contribution in [3.05, 3.63) is 111 Å². The lowest BCUT2D eigenvalue weighted by Gasteiger charge is -2.14. The van der Waals surface area contributed by atoms with Gasteiger partial charge in [0.25, 0.3) is 0 Å². The molecule has 0 aliphatic carbocycles. The average Bonchev–Trinajstić information content (AvgIpc) is 2.71. The lowest BCUT2D eigenvalue weighted by molar-refractivity contribution is 0.103. The summed E-state index contributed by atoms with van der Waals surface area (Å²) in [6.07, 6.45) is 1.59. The molecule has 0 aliphatic rings. The zero-order chi connectivity index (χ0) is 19.7. The number of aromatic nitrogens is 2. The molecule has 2 aromatic heterocycles. The molecule has 0 saturated carbocycles. The van der Waals surface area contributed by atoms with Crippen molar-refractivity contribution in [3.63, 3.8) is 0 Å². The fraction of sp³-hybridized carbons (Fsp3) is 0.0870. The van der Waals surface area contributed by atoms with Crippen LogP contribution in [0.15, 0.2) is 77.7 Å². The van der Waals surface area contributed by atoms with Crippen LogP contribution in [0.4, 0.5) is 0 Å². The van der Waals surface area contributed by atoms with Crippen LogP contribution in [0.5, 0.6) is 0 Å². The SMILES string of the molecule is Cc1ccc2c(=O)c(C(=O)c3ccccc3)cn(Cc3ccccc3Cl)c2n1. The molecule has 0 fully saturated rings. The van der Waals surface area contributed by atoms with Crippen LogP contribution < -0.4 is 5.43 Å². The number of carbonyl (C=O) groups is 1. The highest BCUT2D eigenvalue weighted by Gasteiger charge is 2.18. The summed E-state index contributed by atoms with van der Waals surface area (Å²) in [5.41, 5.74) is 2.50. The topological polar surface area (TPSA) is 52.0 Å². The number of ketones is 1. The van der Waals surface area contributed by atoms with Gasteiger partial charge in [-0.2, -0.15) is 0 Å². The number of fused-ring (bicyclic) bond motifs is 1. The van der Waals surface area contributed by atoms with Gasteiger partial charge in [-0.1, -0.05) is 60.1 Å². The van der Waals surface area contributed by atoms with Gasteiger partial charge in [-0.15, -0.1) is 0 Å². The second-order valence-corrected chi connectivity index (χ2v) is 7.02. The van der Waals surface area contributed by atoms with Crippen molar-refractivity contribution in [1.82, 2.24) is 9.55 Å². The maximum absolute atomic E-state index is 13.0. The average molecular weight is 389 g/mol. The van der Waals surface area contributed by atoms with Crippen molar-refractivity contribution in [1.29, 1.82) is 0 Å². The van der Waals surface area contributed by atoms with Gasteiger partial charge in [-0.25, -0.2) is 4.98 Å². The molecule has 0 aliphatic heterocycles. The minimum absolute atomic E-state index is 0.122. The quantitative estimate of drug-likeness (QED) is 0.478. The van der Waals surface area contributed by atoms with Gasteiger partial charge >= 0.3 is 0 Å². The highest BCUT2D eigenvalue weighted by atomic mass is 35.5. The lowest BCUT2D eigenvalue weighted by Crippen LogP contribution is -2.21. The molecule has 0 N–H and O–H groups in total. The molecule has 4 rings (SSSR count). The van der Waals surface area contributed by atoms with E-state index in [-0.39, 0.29) is 16.8 Å². The number of rotatable bonds is 4. The van der Waals surface area contributed by atoms with E-state index >= 15 is 0 Å². The van der Waals surface area contributed by atoms with E-state index in [0.29, 0.717) is 28.2 Å².